The van der Waals surface area contributed by atoms with Gasteiger partial charge in [-0.3, -0.25) is 10.1 Å². The van der Waals surface area contributed by atoms with Crippen molar-refractivity contribution in [2.75, 3.05) is 13.1 Å². The quantitative estimate of drug-likeness (QED) is 0.398. The van der Waals surface area contributed by atoms with Gasteiger partial charge in [0.1, 0.15) is 0 Å². The average Bonchev–Trinajstić information content (AvgIpc) is 2.98. The maximum absolute atomic E-state index is 10.8. The lowest BCUT2D eigenvalue weighted by atomic mass is 10.0. The van der Waals surface area contributed by atoms with E-state index in [9.17, 15) is 10.1 Å². The third-order valence-electron chi connectivity index (χ3n) is 4.85. The van der Waals surface area contributed by atoms with Gasteiger partial charge >= 0.3 is 0 Å². The van der Waals surface area contributed by atoms with Gasteiger partial charge in [-0.2, -0.15) is 0 Å². The standard InChI is InChI=1S/C18H23N3O2S2/c1-14-5-2-3-10-19(14)11-4-12-20-13-17(25-18(20)24)15-6-8-16(9-7-15)21(22)23/h6-9,13-14H,2-5,10-12H2,1H3/t14-/m0/s1. The number of nitro benzene ring substituents is 1. The fourth-order valence-electron chi connectivity index (χ4n) is 3.34. The second-order valence-corrected chi connectivity index (χ2v) is 8.27. The first-order valence-electron chi connectivity index (χ1n) is 8.74. The van der Waals surface area contributed by atoms with Crippen LogP contribution < -0.4 is 0 Å². The first kappa shape index (κ1) is 18.2. The summed E-state index contributed by atoms with van der Waals surface area (Å²) in [5, 5.41) is 10.8. The Morgan fingerprint density at radius 3 is 2.72 bits per heavy atom. The van der Waals surface area contributed by atoms with E-state index >= 15 is 0 Å². The van der Waals surface area contributed by atoms with Crippen LogP contribution in [0.5, 0.6) is 0 Å². The molecule has 3 rings (SSSR count). The van der Waals surface area contributed by atoms with Crippen molar-refractivity contribution in [1.29, 1.82) is 0 Å². The third kappa shape index (κ3) is 4.54. The minimum absolute atomic E-state index is 0.113. The van der Waals surface area contributed by atoms with Gasteiger partial charge in [0.05, 0.1) is 9.80 Å². The second kappa shape index (κ2) is 8.21. The summed E-state index contributed by atoms with van der Waals surface area (Å²) < 4.78 is 2.99. The Morgan fingerprint density at radius 1 is 1.28 bits per heavy atom. The molecule has 0 aliphatic carbocycles. The molecular weight excluding hydrogens is 354 g/mol. The third-order valence-corrected chi connectivity index (χ3v) is 6.31. The number of rotatable bonds is 6. The van der Waals surface area contributed by atoms with E-state index in [1.165, 1.54) is 25.8 Å². The van der Waals surface area contributed by atoms with Gasteiger partial charge in [0.15, 0.2) is 3.95 Å². The smallest absolute Gasteiger partial charge is 0.269 e. The summed E-state index contributed by atoms with van der Waals surface area (Å²) in [7, 11) is 0. The molecule has 0 bridgehead atoms. The maximum Gasteiger partial charge on any atom is 0.269 e. The number of nitro groups is 1. The highest BCUT2D eigenvalue weighted by atomic mass is 32.1. The Labute approximate surface area is 157 Å². The Balaban J connectivity index is 1.62. The lowest BCUT2D eigenvalue weighted by molar-refractivity contribution is -0.384. The highest BCUT2D eigenvalue weighted by Crippen LogP contribution is 2.28. The fraction of sp³-hybridized carbons (Fsp3) is 0.500. The largest absolute Gasteiger partial charge is 0.329 e. The molecule has 1 saturated heterocycles. The lowest BCUT2D eigenvalue weighted by Crippen LogP contribution is -2.38. The Kier molecular flexibility index (Phi) is 5.98. The number of hydrogen-bond donors (Lipinski definition) is 0. The predicted molar refractivity (Wildman–Crippen MR) is 105 cm³/mol. The van der Waals surface area contributed by atoms with Crippen molar-refractivity contribution in [3.8, 4) is 10.4 Å². The number of benzene rings is 1. The highest BCUT2D eigenvalue weighted by Gasteiger charge is 2.17. The molecule has 5 nitrogen and oxygen atoms in total. The first-order chi connectivity index (χ1) is 12.0. The zero-order chi connectivity index (χ0) is 17.8. The van der Waals surface area contributed by atoms with Crippen molar-refractivity contribution in [3.63, 3.8) is 0 Å². The van der Waals surface area contributed by atoms with Gasteiger partial charge in [-0.25, -0.2) is 0 Å². The van der Waals surface area contributed by atoms with Gasteiger partial charge in [-0.15, -0.1) is 11.3 Å². The van der Waals surface area contributed by atoms with Gasteiger partial charge in [-0.1, -0.05) is 6.42 Å². The molecule has 1 aromatic carbocycles. The topological polar surface area (TPSA) is 51.3 Å². The summed E-state index contributed by atoms with van der Waals surface area (Å²) in [5.74, 6) is 0. The molecule has 1 aromatic heterocycles. The number of thiazole rings is 1. The van der Waals surface area contributed by atoms with Crippen LogP contribution in [0.15, 0.2) is 30.5 Å². The Hall–Kier alpha value is -1.57. The van der Waals surface area contributed by atoms with Crippen molar-refractivity contribution >= 4 is 29.2 Å². The molecule has 7 heteroatoms. The monoisotopic (exact) mass is 377 g/mol. The number of piperidine rings is 1. The van der Waals surface area contributed by atoms with E-state index in [-0.39, 0.29) is 10.6 Å². The number of likely N-dealkylation sites (tertiary alicyclic amines) is 1. The SMILES string of the molecule is C[C@H]1CCCCN1CCCn1cc(-c2ccc([N+](=O)[O-])cc2)sc1=S. The molecule has 2 aromatic rings. The molecular formula is C18H23N3O2S2. The van der Waals surface area contributed by atoms with E-state index in [0.29, 0.717) is 6.04 Å². The summed E-state index contributed by atoms with van der Waals surface area (Å²) in [5.41, 5.74) is 1.09. The minimum atomic E-state index is -0.377. The highest BCUT2D eigenvalue weighted by molar-refractivity contribution is 7.73. The van der Waals surface area contributed by atoms with E-state index < -0.39 is 0 Å². The number of nitrogens with zero attached hydrogens (tertiary/aromatic N) is 3. The lowest BCUT2D eigenvalue weighted by Gasteiger charge is -2.33. The zero-order valence-electron chi connectivity index (χ0n) is 14.4. The summed E-state index contributed by atoms with van der Waals surface area (Å²) in [4.78, 5) is 14.0. The van der Waals surface area contributed by atoms with Crippen LogP contribution in [-0.4, -0.2) is 33.5 Å². The van der Waals surface area contributed by atoms with E-state index in [4.69, 9.17) is 12.2 Å². The molecule has 0 saturated carbocycles. The van der Waals surface area contributed by atoms with Crippen molar-refractivity contribution in [2.24, 2.45) is 0 Å². The molecule has 0 radical (unpaired) electrons. The molecule has 0 amide bonds. The van der Waals surface area contributed by atoms with E-state index in [1.54, 1.807) is 35.6 Å². The van der Waals surface area contributed by atoms with Crippen LogP contribution in [0.25, 0.3) is 10.4 Å². The van der Waals surface area contributed by atoms with Gasteiger partial charge in [0.25, 0.3) is 5.69 Å². The van der Waals surface area contributed by atoms with Crippen molar-refractivity contribution in [2.45, 2.75) is 45.2 Å². The molecule has 0 unspecified atom stereocenters. The fourth-order valence-corrected chi connectivity index (χ4v) is 4.64. The van der Waals surface area contributed by atoms with Crippen LogP contribution in [0, 0.1) is 14.1 Å². The summed E-state index contributed by atoms with van der Waals surface area (Å²) >= 11 is 7.06. The van der Waals surface area contributed by atoms with Gasteiger partial charge < -0.3 is 9.47 Å². The van der Waals surface area contributed by atoms with Crippen LogP contribution in [-0.2, 0) is 6.54 Å². The first-order valence-corrected chi connectivity index (χ1v) is 9.96. The molecule has 1 aliphatic rings. The van der Waals surface area contributed by atoms with Crippen LogP contribution >= 0.6 is 23.6 Å². The van der Waals surface area contributed by atoms with E-state index in [1.807, 2.05) is 0 Å². The summed E-state index contributed by atoms with van der Waals surface area (Å²) in [6, 6.07) is 7.36. The molecule has 1 aliphatic heterocycles. The number of aryl methyl sites for hydroxylation is 1. The maximum atomic E-state index is 10.8. The molecule has 25 heavy (non-hydrogen) atoms. The summed E-state index contributed by atoms with van der Waals surface area (Å²) in [6.45, 7) is 5.57. The van der Waals surface area contributed by atoms with E-state index in [2.05, 4.69) is 22.6 Å². The molecule has 134 valence electrons. The van der Waals surface area contributed by atoms with Gasteiger partial charge in [0, 0.05) is 37.5 Å². The Bertz CT molecular complexity index is 782. The number of aromatic nitrogens is 1. The second-order valence-electron chi connectivity index (χ2n) is 6.59. The van der Waals surface area contributed by atoms with Crippen molar-refractivity contribution in [3.05, 3.63) is 44.5 Å². The molecule has 0 N–H and O–H groups in total. The number of hydrogen-bond acceptors (Lipinski definition) is 5. The molecule has 2 heterocycles. The molecule has 1 atom stereocenters. The van der Waals surface area contributed by atoms with Crippen LogP contribution in [0.4, 0.5) is 5.69 Å². The van der Waals surface area contributed by atoms with Crippen LogP contribution in [0.1, 0.15) is 32.6 Å². The van der Waals surface area contributed by atoms with Gasteiger partial charge in [0.2, 0.25) is 0 Å². The average molecular weight is 378 g/mol. The normalized spacial score (nSPS) is 18.4. The molecule has 1 fully saturated rings. The molecule has 0 spiro atoms. The van der Waals surface area contributed by atoms with E-state index in [0.717, 1.165) is 33.9 Å². The van der Waals surface area contributed by atoms with Crippen molar-refractivity contribution < 1.29 is 4.92 Å². The van der Waals surface area contributed by atoms with Crippen LogP contribution in [0.2, 0.25) is 0 Å². The minimum Gasteiger partial charge on any atom is -0.329 e. The number of non-ortho nitro benzene ring substituents is 1. The predicted octanol–water partition coefficient (Wildman–Crippen LogP) is 5.12. The zero-order valence-corrected chi connectivity index (χ0v) is 16.0. The van der Waals surface area contributed by atoms with Crippen molar-refractivity contribution in [1.82, 2.24) is 9.47 Å². The Morgan fingerprint density at radius 2 is 2.04 bits per heavy atom. The van der Waals surface area contributed by atoms with Crippen LogP contribution in [0.3, 0.4) is 0 Å². The summed E-state index contributed by atoms with van der Waals surface area (Å²) in [6.07, 6.45) is 7.14. The van der Waals surface area contributed by atoms with Gasteiger partial charge in [-0.05, 0) is 62.6 Å².